The van der Waals surface area contributed by atoms with Crippen LogP contribution < -0.4 is 20.9 Å². The van der Waals surface area contributed by atoms with Gasteiger partial charge in [0.15, 0.2) is 5.76 Å². The van der Waals surface area contributed by atoms with E-state index in [9.17, 15) is 14.4 Å². The Bertz CT molecular complexity index is 1010. The van der Waals surface area contributed by atoms with E-state index in [0.29, 0.717) is 29.3 Å². The minimum absolute atomic E-state index is 0.0277. The lowest BCUT2D eigenvalue weighted by Crippen LogP contribution is -2.48. The second-order valence-corrected chi connectivity index (χ2v) is 5.82. The first kappa shape index (κ1) is 19.0. The van der Waals surface area contributed by atoms with Crippen molar-refractivity contribution in [3.8, 4) is 5.75 Å². The normalized spacial score (nSPS) is 10.5. The van der Waals surface area contributed by atoms with Crippen LogP contribution in [-0.2, 0) is 16.1 Å². The number of carbonyl (C=O) groups excluding carboxylic acids is 3. The average Bonchev–Trinajstić information content (AvgIpc) is 3.32. The van der Waals surface area contributed by atoms with Crippen molar-refractivity contribution in [3.05, 3.63) is 53.7 Å². The summed E-state index contributed by atoms with van der Waals surface area (Å²) in [4.78, 5) is 35.9. The van der Waals surface area contributed by atoms with E-state index in [4.69, 9.17) is 13.6 Å². The van der Waals surface area contributed by atoms with Crippen molar-refractivity contribution >= 4 is 28.7 Å². The van der Waals surface area contributed by atoms with Crippen LogP contribution >= 0.6 is 0 Å². The number of furan rings is 2. The number of hydrogen-bond acceptors (Lipinski definition) is 6. The number of hydrazine groups is 1. The molecule has 0 saturated heterocycles. The number of carbonyl (C=O) groups is 3. The minimum atomic E-state index is -1.02. The Morgan fingerprint density at radius 1 is 1.11 bits per heavy atom. The summed E-state index contributed by atoms with van der Waals surface area (Å²) >= 11 is 0. The second kappa shape index (κ2) is 8.30. The van der Waals surface area contributed by atoms with Gasteiger partial charge in [0.2, 0.25) is 0 Å². The molecule has 9 nitrogen and oxygen atoms in total. The molecule has 9 heteroatoms. The van der Waals surface area contributed by atoms with E-state index in [1.54, 1.807) is 37.3 Å². The van der Waals surface area contributed by atoms with Gasteiger partial charge in [-0.15, -0.1) is 0 Å². The molecule has 0 radical (unpaired) electrons. The topological polar surface area (TPSA) is 123 Å². The van der Waals surface area contributed by atoms with Crippen LogP contribution in [0, 0.1) is 6.92 Å². The van der Waals surface area contributed by atoms with Crippen LogP contribution in [0.5, 0.6) is 5.75 Å². The summed E-state index contributed by atoms with van der Waals surface area (Å²) in [5.74, 6) is -1.44. The van der Waals surface area contributed by atoms with Crippen LogP contribution in [0.3, 0.4) is 0 Å². The summed E-state index contributed by atoms with van der Waals surface area (Å²) in [7, 11) is 0. The number of hydrogen-bond donors (Lipinski definition) is 3. The number of aryl methyl sites for hydroxylation is 1. The largest absolute Gasteiger partial charge is 0.494 e. The fraction of sp³-hybridized carbons (Fsp3) is 0.211. The highest BCUT2D eigenvalue weighted by atomic mass is 16.5. The Balaban J connectivity index is 1.60. The van der Waals surface area contributed by atoms with Gasteiger partial charge in [0.05, 0.1) is 19.4 Å². The standard InChI is InChI=1S/C19H19N3O6/c1-3-26-12-6-7-15-14(9-12)11(2)16(28-15)17(23)21-22-19(25)18(24)20-10-13-5-4-8-27-13/h4-9H,3,10H2,1-2H3,(H,20,24)(H,21,23)(H,22,25). The molecule has 28 heavy (non-hydrogen) atoms. The molecule has 0 unspecified atom stereocenters. The molecule has 3 amide bonds. The molecule has 0 saturated carbocycles. The molecule has 0 spiro atoms. The molecular formula is C19H19N3O6. The number of ether oxygens (including phenoxy) is 1. The van der Waals surface area contributed by atoms with Gasteiger partial charge in [-0.25, -0.2) is 0 Å². The van der Waals surface area contributed by atoms with Gasteiger partial charge >= 0.3 is 17.7 Å². The summed E-state index contributed by atoms with van der Waals surface area (Å²) in [5.41, 5.74) is 5.31. The highest BCUT2D eigenvalue weighted by Crippen LogP contribution is 2.28. The van der Waals surface area contributed by atoms with E-state index in [2.05, 4.69) is 10.7 Å². The van der Waals surface area contributed by atoms with Crippen molar-refractivity contribution in [1.82, 2.24) is 16.2 Å². The monoisotopic (exact) mass is 385 g/mol. The molecule has 3 N–H and O–H groups in total. The maximum absolute atomic E-state index is 12.3. The minimum Gasteiger partial charge on any atom is -0.494 e. The van der Waals surface area contributed by atoms with Gasteiger partial charge in [-0.3, -0.25) is 25.2 Å². The molecule has 0 atom stereocenters. The zero-order valence-corrected chi connectivity index (χ0v) is 15.3. The fourth-order valence-corrected chi connectivity index (χ4v) is 2.56. The molecule has 3 aromatic rings. The molecule has 0 bridgehead atoms. The van der Waals surface area contributed by atoms with Gasteiger partial charge in [-0.1, -0.05) is 0 Å². The summed E-state index contributed by atoms with van der Waals surface area (Å²) in [6.45, 7) is 4.16. The van der Waals surface area contributed by atoms with Crippen molar-refractivity contribution < 1.29 is 28.0 Å². The molecule has 2 heterocycles. The Morgan fingerprint density at radius 3 is 2.64 bits per heavy atom. The van der Waals surface area contributed by atoms with Crippen molar-refractivity contribution in [1.29, 1.82) is 0 Å². The smallest absolute Gasteiger partial charge is 0.327 e. The molecule has 1 aromatic carbocycles. The molecule has 0 fully saturated rings. The Kier molecular flexibility index (Phi) is 5.64. The van der Waals surface area contributed by atoms with Crippen molar-refractivity contribution in [2.75, 3.05) is 6.61 Å². The quantitative estimate of drug-likeness (QED) is 0.455. The zero-order valence-electron chi connectivity index (χ0n) is 15.3. The third-order valence-electron chi connectivity index (χ3n) is 3.92. The number of amides is 3. The summed E-state index contributed by atoms with van der Waals surface area (Å²) < 4.78 is 16.0. The fourth-order valence-electron chi connectivity index (χ4n) is 2.56. The van der Waals surface area contributed by atoms with E-state index in [1.165, 1.54) is 6.26 Å². The highest BCUT2D eigenvalue weighted by Gasteiger charge is 2.20. The van der Waals surface area contributed by atoms with Crippen LogP contribution in [-0.4, -0.2) is 24.3 Å². The Morgan fingerprint density at radius 2 is 1.93 bits per heavy atom. The van der Waals surface area contributed by atoms with Gasteiger partial charge in [0.25, 0.3) is 0 Å². The van der Waals surface area contributed by atoms with Crippen LogP contribution in [0.15, 0.2) is 45.4 Å². The molecule has 2 aromatic heterocycles. The molecule has 0 aliphatic carbocycles. The molecule has 0 aliphatic rings. The van der Waals surface area contributed by atoms with Crippen LogP contribution in [0.1, 0.15) is 28.8 Å². The predicted octanol–water partition coefficient (Wildman–Crippen LogP) is 1.81. The molecular weight excluding hydrogens is 366 g/mol. The molecule has 146 valence electrons. The first-order chi connectivity index (χ1) is 13.5. The molecule has 0 aliphatic heterocycles. The van der Waals surface area contributed by atoms with Crippen LogP contribution in [0.4, 0.5) is 0 Å². The van der Waals surface area contributed by atoms with Crippen LogP contribution in [0.2, 0.25) is 0 Å². The van der Waals surface area contributed by atoms with E-state index in [-0.39, 0.29) is 12.3 Å². The van der Waals surface area contributed by atoms with Gasteiger partial charge in [0, 0.05) is 10.9 Å². The van der Waals surface area contributed by atoms with Crippen molar-refractivity contribution in [3.63, 3.8) is 0 Å². The maximum atomic E-state index is 12.3. The lowest BCUT2D eigenvalue weighted by atomic mass is 10.1. The van der Waals surface area contributed by atoms with E-state index >= 15 is 0 Å². The van der Waals surface area contributed by atoms with Gasteiger partial charge in [-0.2, -0.15) is 0 Å². The van der Waals surface area contributed by atoms with Gasteiger partial charge < -0.3 is 18.9 Å². The number of fused-ring (bicyclic) bond motifs is 1. The second-order valence-electron chi connectivity index (χ2n) is 5.82. The van der Waals surface area contributed by atoms with E-state index in [1.807, 2.05) is 12.3 Å². The van der Waals surface area contributed by atoms with Crippen molar-refractivity contribution in [2.24, 2.45) is 0 Å². The maximum Gasteiger partial charge on any atom is 0.327 e. The first-order valence-electron chi connectivity index (χ1n) is 8.56. The summed E-state index contributed by atoms with van der Waals surface area (Å²) in [5, 5.41) is 3.09. The number of benzene rings is 1. The van der Waals surface area contributed by atoms with E-state index < -0.39 is 17.7 Å². The first-order valence-corrected chi connectivity index (χ1v) is 8.56. The summed E-state index contributed by atoms with van der Waals surface area (Å²) in [6.07, 6.45) is 1.45. The van der Waals surface area contributed by atoms with Crippen molar-refractivity contribution in [2.45, 2.75) is 20.4 Å². The van der Waals surface area contributed by atoms with Crippen LogP contribution in [0.25, 0.3) is 11.0 Å². The third kappa shape index (κ3) is 4.14. The lowest BCUT2D eigenvalue weighted by molar-refractivity contribution is -0.139. The lowest BCUT2D eigenvalue weighted by Gasteiger charge is -2.06. The van der Waals surface area contributed by atoms with Gasteiger partial charge in [0.1, 0.15) is 17.1 Å². The predicted molar refractivity (Wildman–Crippen MR) is 98.3 cm³/mol. The van der Waals surface area contributed by atoms with E-state index in [0.717, 1.165) is 5.39 Å². The number of nitrogens with one attached hydrogen (secondary N) is 3. The highest BCUT2D eigenvalue weighted by molar-refractivity contribution is 6.35. The number of rotatable bonds is 5. The van der Waals surface area contributed by atoms with Gasteiger partial charge in [-0.05, 0) is 44.2 Å². The zero-order chi connectivity index (χ0) is 20.1. The third-order valence-corrected chi connectivity index (χ3v) is 3.92. The Hall–Kier alpha value is -3.75. The molecule has 3 rings (SSSR count). The SMILES string of the molecule is CCOc1ccc2oc(C(=O)NNC(=O)C(=O)NCc3ccco3)c(C)c2c1. The Labute approximate surface area is 160 Å². The summed E-state index contributed by atoms with van der Waals surface area (Å²) in [6, 6.07) is 8.53. The average molecular weight is 385 g/mol.